The number of hydrogen-bond acceptors (Lipinski definition) is 3. The minimum absolute atomic E-state index is 0.230. The lowest BCUT2D eigenvalue weighted by Crippen LogP contribution is -2.26. The Hall–Kier alpha value is -0.870. The lowest BCUT2D eigenvalue weighted by molar-refractivity contribution is -0.145. The van der Waals surface area contributed by atoms with E-state index in [1.54, 1.807) is 6.08 Å². The maximum absolute atomic E-state index is 10.3. The molecule has 0 aliphatic carbocycles. The van der Waals surface area contributed by atoms with Crippen LogP contribution in [0.4, 0.5) is 0 Å². The molecule has 1 rings (SSSR count). The van der Waals surface area contributed by atoms with Gasteiger partial charge < -0.3 is 14.9 Å². The summed E-state index contributed by atoms with van der Waals surface area (Å²) in [6.07, 6.45) is 0.998. The molecule has 4 heteroatoms. The van der Waals surface area contributed by atoms with Crippen molar-refractivity contribution in [2.45, 2.75) is 12.5 Å². The standard InChI is InChI=1S/C7H10O4/c8-6(7(9)10)5-2-1-3-11-4-5/h2,6,8H,1,3-4H2,(H,9,10). The van der Waals surface area contributed by atoms with E-state index in [0.717, 1.165) is 0 Å². The third-order valence-corrected chi connectivity index (χ3v) is 1.52. The molecule has 0 aromatic heterocycles. The van der Waals surface area contributed by atoms with E-state index in [0.29, 0.717) is 18.6 Å². The van der Waals surface area contributed by atoms with Gasteiger partial charge in [-0.3, -0.25) is 0 Å². The van der Waals surface area contributed by atoms with Gasteiger partial charge in [-0.2, -0.15) is 0 Å². The molecule has 1 aliphatic rings. The number of aliphatic hydroxyl groups excluding tert-OH is 1. The van der Waals surface area contributed by atoms with Crippen LogP contribution in [-0.2, 0) is 9.53 Å². The summed E-state index contributed by atoms with van der Waals surface area (Å²) in [5.41, 5.74) is 0.448. The normalized spacial score (nSPS) is 20.6. The number of carboxylic acids is 1. The Morgan fingerprint density at radius 2 is 2.45 bits per heavy atom. The summed E-state index contributed by atoms with van der Waals surface area (Å²) in [5.74, 6) is -1.22. The summed E-state index contributed by atoms with van der Waals surface area (Å²) in [6, 6.07) is 0. The van der Waals surface area contributed by atoms with Gasteiger partial charge in [0.15, 0.2) is 6.10 Å². The van der Waals surface area contributed by atoms with E-state index in [4.69, 9.17) is 14.9 Å². The van der Waals surface area contributed by atoms with Crippen LogP contribution in [0.5, 0.6) is 0 Å². The predicted molar refractivity (Wildman–Crippen MR) is 37.2 cm³/mol. The van der Waals surface area contributed by atoms with E-state index in [1.807, 2.05) is 0 Å². The Balaban J connectivity index is 2.58. The third-order valence-electron chi connectivity index (χ3n) is 1.52. The van der Waals surface area contributed by atoms with Crippen molar-refractivity contribution in [1.29, 1.82) is 0 Å². The summed E-state index contributed by atoms with van der Waals surface area (Å²) < 4.78 is 4.96. The van der Waals surface area contributed by atoms with E-state index in [1.165, 1.54) is 0 Å². The van der Waals surface area contributed by atoms with Gasteiger partial charge in [0.2, 0.25) is 0 Å². The zero-order chi connectivity index (χ0) is 8.27. The minimum Gasteiger partial charge on any atom is -0.479 e. The first kappa shape index (κ1) is 8.23. The Kier molecular flexibility index (Phi) is 2.62. The molecule has 1 heterocycles. The van der Waals surface area contributed by atoms with Crippen molar-refractivity contribution in [3.63, 3.8) is 0 Å². The average Bonchev–Trinajstić information content (AvgIpc) is 2.05. The van der Waals surface area contributed by atoms with E-state index in [2.05, 4.69) is 0 Å². The van der Waals surface area contributed by atoms with Gasteiger partial charge in [0.1, 0.15) is 0 Å². The molecule has 0 radical (unpaired) electrons. The van der Waals surface area contributed by atoms with Crippen LogP contribution in [-0.4, -0.2) is 35.5 Å². The maximum atomic E-state index is 10.3. The summed E-state index contributed by atoms with van der Waals surface area (Å²) in [6.45, 7) is 0.837. The van der Waals surface area contributed by atoms with Gasteiger partial charge in [0.25, 0.3) is 0 Å². The fourth-order valence-corrected chi connectivity index (χ4v) is 0.926. The first-order valence-electron chi connectivity index (χ1n) is 3.39. The zero-order valence-corrected chi connectivity index (χ0v) is 5.99. The molecule has 0 saturated carbocycles. The second kappa shape index (κ2) is 3.50. The van der Waals surface area contributed by atoms with Crippen molar-refractivity contribution in [3.05, 3.63) is 11.6 Å². The summed E-state index contributed by atoms with van der Waals surface area (Å²) in [7, 11) is 0. The van der Waals surface area contributed by atoms with Crippen molar-refractivity contribution in [3.8, 4) is 0 Å². The zero-order valence-electron chi connectivity index (χ0n) is 5.99. The third kappa shape index (κ3) is 2.03. The van der Waals surface area contributed by atoms with Gasteiger partial charge in [0.05, 0.1) is 13.2 Å². The molecule has 11 heavy (non-hydrogen) atoms. The van der Waals surface area contributed by atoms with Crippen molar-refractivity contribution >= 4 is 5.97 Å². The smallest absolute Gasteiger partial charge is 0.336 e. The number of aliphatic carboxylic acids is 1. The molecule has 0 amide bonds. The highest BCUT2D eigenvalue weighted by molar-refractivity contribution is 5.75. The second-order valence-electron chi connectivity index (χ2n) is 2.36. The van der Waals surface area contributed by atoms with Gasteiger partial charge >= 0.3 is 5.97 Å². The lowest BCUT2D eigenvalue weighted by atomic mass is 10.1. The van der Waals surface area contributed by atoms with Gasteiger partial charge in [-0.05, 0) is 12.0 Å². The topological polar surface area (TPSA) is 66.8 Å². The molecule has 1 atom stereocenters. The molecule has 0 fully saturated rings. The Bertz CT molecular complexity index is 185. The van der Waals surface area contributed by atoms with Crippen LogP contribution in [0.2, 0.25) is 0 Å². The summed E-state index contributed by atoms with van der Waals surface area (Å²) in [5, 5.41) is 17.4. The van der Waals surface area contributed by atoms with Gasteiger partial charge in [-0.15, -0.1) is 0 Å². The number of carbonyl (C=O) groups is 1. The van der Waals surface area contributed by atoms with E-state index >= 15 is 0 Å². The molecule has 0 spiro atoms. The van der Waals surface area contributed by atoms with Crippen LogP contribution >= 0.6 is 0 Å². The number of ether oxygens (including phenoxy) is 1. The number of rotatable bonds is 2. The highest BCUT2D eigenvalue weighted by Gasteiger charge is 2.19. The lowest BCUT2D eigenvalue weighted by Gasteiger charge is -2.15. The van der Waals surface area contributed by atoms with E-state index < -0.39 is 12.1 Å². The highest BCUT2D eigenvalue weighted by atomic mass is 16.5. The molecule has 4 nitrogen and oxygen atoms in total. The van der Waals surface area contributed by atoms with Crippen LogP contribution < -0.4 is 0 Å². The summed E-state index contributed by atoms with van der Waals surface area (Å²) >= 11 is 0. The van der Waals surface area contributed by atoms with Crippen molar-refractivity contribution in [1.82, 2.24) is 0 Å². The highest BCUT2D eigenvalue weighted by Crippen LogP contribution is 2.09. The minimum atomic E-state index is -1.39. The predicted octanol–water partition coefficient (Wildman–Crippen LogP) is -0.221. The van der Waals surface area contributed by atoms with Crippen LogP contribution in [0, 0.1) is 0 Å². The first-order chi connectivity index (χ1) is 5.22. The quantitative estimate of drug-likeness (QED) is 0.545. The average molecular weight is 158 g/mol. The number of aliphatic hydroxyl groups is 1. The Morgan fingerprint density at radius 1 is 1.73 bits per heavy atom. The molecule has 1 unspecified atom stereocenters. The molecule has 1 aliphatic heterocycles. The Morgan fingerprint density at radius 3 is 2.91 bits per heavy atom. The van der Waals surface area contributed by atoms with Crippen LogP contribution in [0.3, 0.4) is 0 Å². The molecular formula is C7H10O4. The van der Waals surface area contributed by atoms with Crippen molar-refractivity contribution in [2.75, 3.05) is 13.2 Å². The molecular weight excluding hydrogens is 148 g/mol. The monoisotopic (exact) mass is 158 g/mol. The SMILES string of the molecule is O=C(O)C(O)C1=CCCOC1. The summed E-state index contributed by atoms with van der Waals surface area (Å²) in [4.78, 5) is 10.3. The maximum Gasteiger partial charge on any atom is 0.336 e. The molecule has 2 N–H and O–H groups in total. The number of carboxylic acid groups (broad SMARTS) is 1. The van der Waals surface area contributed by atoms with Crippen LogP contribution in [0.15, 0.2) is 11.6 Å². The van der Waals surface area contributed by atoms with Crippen LogP contribution in [0.25, 0.3) is 0 Å². The van der Waals surface area contributed by atoms with Crippen molar-refractivity contribution < 1.29 is 19.7 Å². The van der Waals surface area contributed by atoms with Crippen molar-refractivity contribution in [2.24, 2.45) is 0 Å². The first-order valence-corrected chi connectivity index (χ1v) is 3.39. The molecule has 0 saturated heterocycles. The molecule has 62 valence electrons. The van der Waals surface area contributed by atoms with E-state index in [9.17, 15) is 4.79 Å². The molecule has 0 aromatic rings. The van der Waals surface area contributed by atoms with Gasteiger partial charge in [0, 0.05) is 0 Å². The second-order valence-corrected chi connectivity index (χ2v) is 2.36. The number of hydrogen-bond donors (Lipinski definition) is 2. The fourth-order valence-electron chi connectivity index (χ4n) is 0.926. The van der Waals surface area contributed by atoms with Gasteiger partial charge in [-0.1, -0.05) is 6.08 Å². The van der Waals surface area contributed by atoms with Crippen LogP contribution in [0.1, 0.15) is 6.42 Å². The largest absolute Gasteiger partial charge is 0.479 e. The Labute approximate surface area is 64.1 Å². The molecule has 0 bridgehead atoms. The van der Waals surface area contributed by atoms with Gasteiger partial charge in [-0.25, -0.2) is 4.79 Å². The molecule has 0 aromatic carbocycles. The van der Waals surface area contributed by atoms with E-state index in [-0.39, 0.29) is 6.61 Å². The fraction of sp³-hybridized carbons (Fsp3) is 0.571.